The molecule has 1 aromatic carbocycles. The fourth-order valence-corrected chi connectivity index (χ4v) is 3.02. The Labute approximate surface area is 129 Å². The van der Waals surface area contributed by atoms with Gasteiger partial charge in [0.15, 0.2) is 0 Å². The molecule has 3 rings (SSSR count). The molecular formula is C18H19N3O. The lowest BCUT2D eigenvalue weighted by molar-refractivity contribution is 1.14. The molecule has 0 spiro atoms. The maximum atomic E-state index is 11.5. The smallest absolute Gasteiger partial charge is 0.209 e. The molecule has 2 heterocycles. The number of benzene rings is 1. The molecule has 22 heavy (non-hydrogen) atoms. The molecule has 0 aliphatic carbocycles. The van der Waals surface area contributed by atoms with Gasteiger partial charge in [0.2, 0.25) is 5.82 Å². The van der Waals surface area contributed by atoms with E-state index in [1.54, 1.807) is 4.40 Å². The number of hydrogen-bond donors (Lipinski definition) is 0. The molecule has 3 aromatic rings. The minimum Gasteiger partial charge on any atom is -0.281 e. The molecule has 0 fully saturated rings. The van der Waals surface area contributed by atoms with Crippen LogP contribution in [-0.2, 0) is 0 Å². The van der Waals surface area contributed by atoms with E-state index in [1.807, 2.05) is 25.3 Å². The summed E-state index contributed by atoms with van der Waals surface area (Å²) in [5.74, 6) is 0.370. The van der Waals surface area contributed by atoms with Crippen molar-refractivity contribution in [2.24, 2.45) is 5.18 Å². The molecule has 4 nitrogen and oxygen atoms in total. The summed E-state index contributed by atoms with van der Waals surface area (Å²) in [6, 6.07) is 6.06. The summed E-state index contributed by atoms with van der Waals surface area (Å²) in [7, 11) is 0. The van der Waals surface area contributed by atoms with E-state index in [-0.39, 0.29) is 0 Å². The second kappa shape index (κ2) is 5.05. The van der Waals surface area contributed by atoms with E-state index in [1.165, 1.54) is 11.1 Å². The lowest BCUT2D eigenvalue weighted by atomic mass is 9.92. The van der Waals surface area contributed by atoms with Gasteiger partial charge in [0, 0.05) is 11.8 Å². The standard InChI is InChI=1S/C18H19N3O/c1-10-7-6-8-21-17(10)19-16(18(21)20-22)15-13(4)11(2)9-12(3)14(15)5/h6-9H,1-5H3. The molecule has 0 bridgehead atoms. The molecule has 0 N–H and O–H groups in total. The van der Waals surface area contributed by atoms with Gasteiger partial charge in [0.25, 0.3) is 0 Å². The third kappa shape index (κ3) is 1.95. The number of aromatic nitrogens is 2. The number of hydrogen-bond acceptors (Lipinski definition) is 3. The lowest BCUT2D eigenvalue weighted by Gasteiger charge is -2.13. The van der Waals surface area contributed by atoms with Crippen molar-refractivity contribution in [1.29, 1.82) is 0 Å². The minimum atomic E-state index is 0.370. The fourth-order valence-electron chi connectivity index (χ4n) is 3.02. The van der Waals surface area contributed by atoms with Crippen LogP contribution >= 0.6 is 0 Å². The van der Waals surface area contributed by atoms with Crippen LogP contribution in [0.1, 0.15) is 27.8 Å². The van der Waals surface area contributed by atoms with Crippen molar-refractivity contribution < 1.29 is 0 Å². The number of nitroso groups, excluding NO2 is 1. The molecule has 112 valence electrons. The summed E-state index contributed by atoms with van der Waals surface area (Å²) >= 11 is 0. The summed E-state index contributed by atoms with van der Waals surface area (Å²) in [6.45, 7) is 10.3. The first-order valence-electron chi connectivity index (χ1n) is 7.34. The predicted octanol–water partition coefficient (Wildman–Crippen LogP) is 4.94. The van der Waals surface area contributed by atoms with Gasteiger partial charge in [-0.15, -0.1) is 4.91 Å². The first kappa shape index (κ1) is 14.4. The largest absolute Gasteiger partial charge is 0.281 e. The third-order valence-corrected chi connectivity index (χ3v) is 4.51. The number of aryl methyl sites for hydroxylation is 3. The maximum absolute atomic E-state index is 11.5. The quantitative estimate of drug-likeness (QED) is 0.628. The monoisotopic (exact) mass is 293 g/mol. The molecule has 4 heteroatoms. The van der Waals surface area contributed by atoms with Crippen LogP contribution in [0.25, 0.3) is 16.9 Å². The first-order valence-corrected chi connectivity index (χ1v) is 7.34. The number of fused-ring (bicyclic) bond motifs is 1. The second-order valence-electron chi connectivity index (χ2n) is 5.90. The normalized spacial score (nSPS) is 11.1. The summed E-state index contributed by atoms with van der Waals surface area (Å²) in [5, 5.41) is 3.27. The van der Waals surface area contributed by atoms with Gasteiger partial charge in [-0.3, -0.25) is 4.40 Å². The van der Waals surface area contributed by atoms with Crippen LogP contribution in [0.2, 0.25) is 0 Å². The van der Waals surface area contributed by atoms with Gasteiger partial charge in [0.05, 0.1) is 0 Å². The van der Waals surface area contributed by atoms with Gasteiger partial charge in [-0.25, -0.2) is 4.98 Å². The average molecular weight is 293 g/mol. The van der Waals surface area contributed by atoms with E-state index in [4.69, 9.17) is 4.98 Å². The third-order valence-electron chi connectivity index (χ3n) is 4.51. The molecule has 0 amide bonds. The second-order valence-corrected chi connectivity index (χ2v) is 5.90. The molecular weight excluding hydrogens is 274 g/mol. The Morgan fingerprint density at radius 1 is 1.00 bits per heavy atom. The number of imidazole rings is 1. The Bertz CT molecular complexity index is 880. The van der Waals surface area contributed by atoms with Crippen molar-refractivity contribution in [3.8, 4) is 11.3 Å². The number of nitrogens with zero attached hydrogens (tertiary/aromatic N) is 3. The summed E-state index contributed by atoms with van der Waals surface area (Å²) in [6.07, 6.45) is 1.84. The van der Waals surface area contributed by atoms with Crippen LogP contribution < -0.4 is 0 Å². The molecule has 0 unspecified atom stereocenters. The van der Waals surface area contributed by atoms with E-state index in [2.05, 4.69) is 38.9 Å². The van der Waals surface area contributed by atoms with E-state index in [0.717, 1.165) is 27.9 Å². The highest BCUT2D eigenvalue weighted by Crippen LogP contribution is 2.37. The fraction of sp³-hybridized carbons (Fsp3) is 0.278. The number of rotatable bonds is 2. The van der Waals surface area contributed by atoms with Crippen LogP contribution in [0.5, 0.6) is 0 Å². The van der Waals surface area contributed by atoms with Crippen molar-refractivity contribution in [3.63, 3.8) is 0 Å². The van der Waals surface area contributed by atoms with Gasteiger partial charge in [0.1, 0.15) is 11.3 Å². The van der Waals surface area contributed by atoms with Crippen LogP contribution in [0.15, 0.2) is 29.6 Å². The molecule has 0 atom stereocenters. The molecule has 0 aliphatic rings. The van der Waals surface area contributed by atoms with E-state index in [0.29, 0.717) is 11.5 Å². The summed E-state index contributed by atoms with van der Waals surface area (Å²) in [5.41, 5.74) is 8.19. The maximum Gasteiger partial charge on any atom is 0.209 e. The van der Waals surface area contributed by atoms with Crippen molar-refractivity contribution in [2.75, 3.05) is 0 Å². The van der Waals surface area contributed by atoms with Crippen molar-refractivity contribution in [3.05, 3.63) is 57.1 Å². The molecule has 0 radical (unpaired) electrons. The van der Waals surface area contributed by atoms with Gasteiger partial charge < -0.3 is 0 Å². The van der Waals surface area contributed by atoms with Crippen LogP contribution in [-0.4, -0.2) is 9.38 Å². The lowest BCUT2D eigenvalue weighted by Crippen LogP contribution is -1.95. The van der Waals surface area contributed by atoms with Crippen molar-refractivity contribution >= 4 is 11.5 Å². The van der Waals surface area contributed by atoms with Crippen LogP contribution in [0.4, 0.5) is 5.82 Å². The van der Waals surface area contributed by atoms with Crippen molar-refractivity contribution in [1.82, 2.24) is 9.38 Å². The van der Waals surface area contributed by atoms with E-state index < -0.39 is 0 Å². The van der Waals surface area contributed by atoms with Gasteiger partial charge >= 0.3 is 0 Å². The molecule has 0 aliphatic heterocycles. The highest BCUT2D eigenvalue weighted by atomic mass is 16.3. The summed E-state index contributed by atoms with van der Waals surface area (Å²) < 4.78 is 1.77. The Hall–Kier alpha value is -2.49. The van der Waals surface area contributed by atoms with Crippen LogP contribution in [0.3, 0.4) is 0 Å². The number of pyridine rings is 1. The molecule has 0 saturated carbocycles. The SMILES string of the molecule is Cc1cc(C)c(C)c(-c2nc3c(C)cccn3c2N=O)c1C. The average Bonchev–Trinajstić information content (AvgIpc) is 2.85. The zero-order chi connectivity index (χ0) is 16.0. The van der Waals surface area contributed by atoms with E-state index in [9.17, 15) is 4.91 Å². The van der Waals surface area contributed by atoms with Crippen LogP contribution in [0, 0.1) is 39.5 Å². The van der Waals surface area contributed by atoms with Gasteiger partial charge in [-0.1, -0.05) is 12.1 Å². The van der Waals surface area contributed by atoms with Crippen molar-refractivity contribution in [2.45, 2.75) is 34.6 Å². The Morgan fingerprint density at radius 2 is 1.64 bits per heavy atom. The Morgan fingerprint density at radius 3 is 2.23 bits per heavy atom. The highest BCUT2D eigenvalue weighted by Gasteiger charge is 2.20. The topological polar surface area (TPSA) is 46.7 Å². The zero-order valence-electron chi connectivity index (χ0n) is 13.6. The zero-order valence-corrected chi connectivity index (χ0v) is 13.6. The minimum absolute atomic E-state index is 0.370. The Kier molecular flexibility index (Phi) is 3.32. The van der Waals surface area contributed by atoms with Gasteiger partial charge in [-0.2, -0.15) is 0 Å². The summed E-state index contributed by atoms with van der Waals surface area (Å²) in [4.78, 5) is 16.2. The highest BCUT2D eigenvalue weighted by molar-refractivity contribution is 5.81. The first-order chi connectivity index (χ1) is 10.5. The Balaban J connectivity index is 2.46. The van der Waals surface area contributed by atoms with E-state index >= 15 is 0 Å². The predicted molar refractivity (Wildman–Crippen MR) is 89.8 cm³/mol. The van der Waals surface area contributed by atoms with Gasteiger partial charge in [-0.05, 0) is 73.7 Å². The molecule has 2 aromatic heterocycles. The molecule has 0 saturated heterocycles.